The number of rotatable bonds is 4. The monoisotopic (exact) mass is 400 g/mol. The molecule has 1 saturated carbocycles. The molecule has 0 saturated heterocycles. The standard InChI is InChI=1S/C21H28N4O4/c1-21(2,3)29-20(27)24-16-9-7-15(8-10-16)23-19-22-12-14-6-5-13(18(26)28-4)11-17(14)25-19/h5-6,11-12,15-16H,7-10H2,1-4H3,(H,24,27)(H,22,23,25). The van der Waals surface area contributed by atoms with Gasteiger partial charge in [0.2, 0.25) is 5.95 Å². The van der Waals surface area contributed by atoms with Gasteiger partial charge in [-0.25, -0.2) is 19.6 Å². The van der Waals surface area contributed by atoms with E-state index in [0.717, 1.165) is 31.1 Å². The maximum Gasteiger partial charge on any atom is 0.407 e. The number of alkyl carbamates (subject to hydrolysis) is 1. The molecule has 0 bridgehead atoms. The first-order valence-corrected chi connectivity index (χ1v) is 9.84. The number of anilines is 1. The average molecular weight is 400 g/mol. The molecule has 1 aromatic carbocycles. The molecule has 1 heterocycles. The highest BCUT2D eigenvalue weighted by atomic mass is 16.6. The Labute approximate surface area is 170 Å². The summed E-state index contributed by atoms with van der Waals surface area (Å²) in [5.74, 6) is 0.138. The number of ether oxygens (including phenoxy) is 2. The Morgan fingerprint density at radius 1 is 1.10 bits per heavy atom. The summed E-state index contributed by atoms with van der Waals surface area (Å²) in [5, 5.41) is 7.16. The van der Waals surface area contributed by atoms with Crippen molar-refractivity contribution in [3.63, 3.8) is 0 Å². The number of aromatic nitrogens is 2. The number of esters is 1. The fourth-order valence-electron chi connectivity index (χ4n) is 3.38. The molecular formula is C21H28N4O4. The van der Waals surface area contributed by atoms with E-state index in [2.05, 4.69) is 20.6 Å². The second-order valence-corrected chi connectivity index (χ2v) is 8.30. The first-order valence-electron chi connectivity index (χ1n) is 9.84. The molecule has 1 aliphatic rings. The minimum atomic E-state index is -0.496. The molecule has 0 unspecified atom stereocenters. The van der Waals surface area contributed by atoms with Crippen LogP contribution in [0.2, 0.25) is 0 Å². The molecule has 2 aromatic rings. The van der Waals surface area contributed by atoms with Gasteiger partial charge in [-0.3, -0.25) is 0 Å². The van der Waals surface area contributed by atoms with Crippen molar-refractivity contribution in [2.24, 2.45) is 0 Å². The van der Waals surface area contributed by atoms with Crippen molar-refractivity contribution in [2.45, 2.75) is 64.1 Å². The predicted molar refractivity (Wildman–Crippen MR) is 110 cm³/mol. The van der Waals surface area contributed by atoms with Crippen molar-refractivity contribution >= 4 is 28.9 Å². The number of carbonyl (C=O) groups is 2. The highest BCUT2D eigenvalue weighted by Gasteiger charge is 2.25. The Bertz CT molecular complexity index is 886. The number of carbonyl (C=O) groups excluding carboxylic acids is 2. The number of fused-ring (bicyclic) bond motifs is 1. The number of methoxy groups -OCH3 is 1. The summed E-state index contributed by atoms with van der Waals surface area (Å²) >= 11 is 0. The molecule has 1 fully saturated rings. The summed E-state index contributed by atoms with van der Waals surface area (Å²) in [6.45, 7) is 5.56. The molecule has 8 nitrogen and oxygen atoms in total. The highest BCUT2D eigenvalue weighted by Crippen LogP contribution is 2.23. The molecule has 0 aliphatic heterocycles. The van der Waals surface area contributed by atoms with E-state index in [1.165, 1.54) is 7.11 Å². The number of nitrogens with zero attached hydrogens (tertiary/aromatic N) is 2. The summed E-state index contributed by atoms with van der Waals surface area (Å²) in [5.41, 5.74) is 0.647. The van der Waals surface area contributed by atoms with Crippen molar-refractivity contribution < 1.29 is 19.1 Å². The number of amides is 1. The van der Waals surface area contributed by atoms with Gasteiger partial charge in [0.15, 0.2) is 0 Å². The largest absolute Gasteiger partial charge is 0.465 e. The lowest BCUT2D eigenvalue weighted by atomic mass is 9.91. The SMILES string of the molecule is COC(=O)c1ccc2cnc(NC3CCC(NC(=O)OC(C)(C)C)CC3)nc2c1. The van der Waals surface area contributed by atoms with Gasteiger partial charge < -0.3 is 20.1 Å². The van der Waals surface area contributed by atoms with E-state index in [1.54, 1.807) is 24.4 Å². The lowest BCUT2D eigenvalue weighted by Crippen LogP contribution is -2.42. The summed E-state index contributed by atoms with van der Waals surface area (Å²) in [7, 11) is 1.35. The van der Waals surface area contributed by atoms with Crippen molar-refractivity contribution in [1.82, 2.24) is 15.3 Å². The van der Waals surface area contributed by atoms with Crippen LogP contribution in [0.3, 0.4) is 0 Å². The van der Waals surface area contributed by atoms with E-state index < -0.39 is 11.6 Å². The second-order valence-electron chi connectivity index (χ2n) is 8.30. The molecule has 0 spiro atoms. The van der Waals surface area contributed by atoms with Gasteiger partial charge in [-0.1, -0.05) is 6.07 Å². The minimum absolute atomic E-state index is 0.114. The van der Waals surface area contributed by atoms with Crippen LogP contribution in [0.25, 0.3) is 10.9 Å². The van der Waals surface area contributed by atoms with Crippen LogP contribution in [0.4, 0.5) is 10.7 Å². The average Bonchev–Trinajstić information content (AvgIpc) is 2.67. The Morgan fingerprint density at radius 2 is 1.79 bits per heavy atom. The number of nitrogens with one attached hydrogen (secondary N) is 2. The summed E-state index contributed by atoms with van der Waals surface area (Å²) in [6.07, 6.45) is 4.87. The molecular weight excluding hydrogens is 372 g/mol. The van der Waals surface area contributed by atoms with Gasteiger partial charge in [0.1, 0.15) is 5.60 Å². The van der Waals surface area contributed by atoms with Crippen LogP contribution in [0.15, 0.2) is 24.4 Å². The zero-order valence-electron chi connectivity index (χ0n) is 17.3. The zero-order chi connectivity index (χ0) is 21.0. The van der Waals surface area contributed by atoms with Gasteiger partial charge in [0, 0.05) is 23.7 Å². The van der Waals surface area contributed by atoms with Crippen LogP contribution in [-0.4, -0.2) is 46.8 Å². The lowest BCUT2D eigenvalue weighted by molar-refractivity contribution is 0.0491. The van der Waals surface area contributed by atoms with Crippen molar-refractivity contribution in [1.29, 1.82) is 0 Å². The highest BCUT2D eigenvalue weighted by molar-refractivity contribution is 5.94. The molecule has 29 heavy (non-hydrogen) atoms. The topological polar surface area (TPSA) is 102 Å². The molecule has 1 aliphatic carbocycles. The summed E-state index contributed by atoms with van der Waals surface area (Å²) in [6, 6.07) is 5.55. The van der Waals surface area contributed by atoms with Crippen LogP contribution in [0, 0.1) is 0 Å². The first-order chi connectivity index (χ1) is 13.7. The maximum atomic E-state index is 11.9. The minimum Gasteiger partial charge on any atom is -0.465 e. The molecule has 8 heteroatoms. The van der Waals surface area contributed by atoms with Crippen LogP contribution in [0.1, 0.15) is 56.8 Å². The van der Waals surface area contributed by atoms with E-state index in [-0.39, 0.29) is 18.2 Å². The third kappa shape index (κ3) is 5.79. The number of hydrogen-bond donors (Lipinski definition) is 2. The van der Waals surface area contributed by atoms with Crippen LogP contribution in [0.5, 0.6) is 0 Å². The van der Waals surface area contributed by atoms with Gasteiger partial charge >= 0.3 is 12.1 Å². The van der Waals surface area contributed by atoms with Gasteiger partial charge in [-0.15, -0.1) is 0 Å². The van der Waals surface area contributed by atoms with Crippen LogP contribution >= 0.6 is 0 Å². The van der Waals surface area contributed by atoms with E-state index >= 15 is 0 Å². The van der Waals surface area contributed by atoms with Crippen molar-refractivity contribution in [3.05, 3.63) is 30.0 Å². The zero-order valence-corrected chi connectivity index (χ0v) is 17.3. The van der Waals surface area contributed by atoms with Crippen LogP contribution in [-0.2, 0) is 9.47 Å². The fraction of sp³-hybridized carbons (Fsp3) is 0.524. The smallest absolute Gasteiger partial charge is 0.407 e. The number of benzene rings is 1. The van der Waals surface area contributed by atoms with Gasteiger partial charge in [-0.05, 0) is 58.6 Å². The van der Waals surface area contributed by atoms with Crippen LogP contribution < -0.4 is 10.6 Å². The molecule has 1 aromatic heterocycles. The predicted octanol–water partition coefficient (Wildman–Crippen LogP) is 3.66. The van der Waals surface area contributed by atoms with Crippen molar-refractivity contribution in [3.8, 4) is 0 Å². The molecule has 0 radical (unpaired) electrons. The molecule has 2 N–H and O–H groups in total. The van der Waals surface area contributed by atoms with Crippen molar-refractivity contribution in [2.75, 3.05) is 12.4 Å². The second kappa shape index (κ2) is 8.63. The van der Waals surface area contributed by atoms with E-state index in [4.69, 9.17) is 9.47 Å². The quantitative estimate of drug-likeness (QED) is 0.755. The van der Waals surface area contributed by atoms with Gasteiger partial charge in [-0.2, -0.15) is 0 Å². The fourth-order valence-corrected chi connectivity index (χ4v) is 3.38. The molecule has 156 valence electrons. The Morgan fingerprint density at radius 3 is 2.45 bits per heavy atom. The third-order valence-electron chi connectivity index (χ3n) is 4.79. The Balaban J connectivity index is 1.56. The first kappa shape index (κ1) is 20.8. The van der Waals surface area contributed by atoms with E-state index in [0.29, 0.717) is 17.0 Å². The number of hydrogen-bond acceptors (Lipinski definition) is 7. The summed E-state index contributed by atoms with van der Waals surface area (Å²) < 4.78 is 10.1. The molecule has 3 rings (SSSR count). The summed E-state index contributed by atoms with van der Waals surface area (Å²) in [4.78, 5) is 32.6. The Hall–Kier alpha value is -2.90. The van der Waals surface area contributed by atoms with Gasteiger partial charge in [0.05, 0.1) is 18.2 Å². The third-order valence-corrected chi connectivity index (χ3v) is 4.79. The Kier molecular flexibility index (Phi) is 6.20. The lowest BCUT2D eigenvalue weighted by Gasteiger charge is -2.30. The maximum absolute atomic E-state index is 11.9. The molecule has 1 amide bonds. The molecule has 0 atom stereocenters. The van der Waals surface area contributed by atoms with E-state index in [9.17, 15) is 9.59 Å². The normalized spacial score (nSPS) is 19.4. The van der Waals surface area contributed by atoms with E-state index in [1.807, 2.05) is 20.8 Å². The van der Waals surface area contributed by atoms with Gasteiger partial charge in [0.25, 0.3) is 0 Å².